The topological polar surface area (TPSA) is 133 Å². The number of phenols is 2. The predicted molar refractivity (Wildman–Crippen MR) is 79.9 cm³/mol. The molecule has 4 heterocycles. The quantitative estimate of drug-likeness (QED) is 0.425. The number of nitrogens with zero attached hydrogens (tertiary/aromatic N) is 3. The van der Waals surface area contributed by atoms with E-state index in [9.17, 15) is 20.1 Å². The fraction of sp³-hybridized carbons (Fsp3) is 0.267. The van der Waals surface area contributed by atoms with E-state index >= 15 is 0 Å². The third-order valence-corrected chi connectivity index (χ3v) is 4.71. The number of benzene rings is 1. The largest absolute Gasteiger partial charge is 0.504 e. The van der Waals surface area contributed by atoms with Crippen molar-refractivity contribution >= 4 is 11.0 Å². The Morgan fingerprint density at radius 2 is 2.21 bits per heavy atom. The number of nitrogens with one attached hydrogen (secondary N) is 1. The first-order chi connectivity index (χ1) is 11.5. The fourth-order valence-electron chi connectivity index (χ4n) is 3.56. The van der Waals surface area contributed by atoms with Gasteiger partial charge in [-0.25, -0.2) is 4.98 Å². The molecule has 5 rings (SSSR count). The average molecular weight is 328 g/mol. The summed E-state index contributed by atoms with van der Waals surface area (Å²) in [6, 6.07) is 2.26. The molecule has 9 heteroatoms. The number of aromatic nitrogens is 4. The van der Waals surface area contributed by atoms with E-state index in [1.807, 2.05) is 0 Å². The number of rotatable bonds is 0. The lowest BCUT2D eigenvalue weighted by Gasteiger charge is -2.36. The molecule has 0 saturated heterocycles. The van der Waals surface area contributed by atoms with Crippen LogP contribution in [0.25, 0.3) is 11.0 Å². The van der Waals surface area contributed by atoms with Gasteiger partial charge in [0.15, 0.2) is 17.1 Å². The first kappa shape index (κ1) is 13.4. The van der Waals surface area contributed by atoms with Crippen LogP contribution in [0, 0.1) is 0 Å². The molecule has 0 amide bonds. The highest BCUT2D eigenvalue weighted by atomic mass is 16.6. The number of aliphatic hydroxyl groups is 1. The molecule has 1 aromatic carbocycles. The molecular weight excluding hydrogens is 316 g/mol. The molecule has 3 aromatic rings. The third-order valence-electron chi connectivity index (χ3n) is 4.71. The molecular formula is C15H12N4O5. The number of hydrogen-bond acceptors (Lipinski definition) is 7. The fourth-order valence-corrected chi connectivity index (χ4v) is 3.56. The van der Waals surface area contributed by atoms with Gasteiger partial charge in [0, 0.05) is 12.0 Å². The second-order valence-corrected chi connectivity index (χ2v) is 6.10. The minimum Gasteiger partial charge on any atom is -0.504 e. The van der Waals surface area contributed by atoms with Gasteiger partial charge < -0.3 is 20.1 Å². The summed E-state index contributed by atoms with van der Waals surface area (Å²) in [6.07, 6.45) is 1.64. The summed E-state index contributed by atoms with van der Waals surface area (Å²) in [5, 5.41) is 37.3. The lowest BCUT2D eigenvalue weighted by atomic mass is 9.94. The van der Waals surface area contributed by atoms with Crippen LogP contribution in [0.4, 0.5) is 0 Å². The summed E-state index contributed by atoms with van der Waals surface area (Å²) in [4.78, 5) is 17.1. The standard InChI is InChI=1S/C15H12N4O5/c20-8-2-1-6-3-9-15(23,24-12(6)11(8)21)4-10-17-13-7(5-16-18-13)14(22)19(9)10/h1-2,5,9,20-21,23H,3-4H2,(H,16,18). The van der Waals surface area contributed by atoms with Crippen LogP contribution in [0.2, 0.25) is 0 Å². The average Bonchev–Trinajstić information content (AvgIpc) is 3.11. The number of aromatic hydroxyl groups is 2. The molecule has 4 N–H and O–H groups in total. The highest BCUT2D eigenvalue weighted by Gasteiger charge is 2.52. The number of ether oxygens (including phenoxy) is 1. The van der Waals surface area contributed by atoms with Crippen molar-refractivity contribution in [1.29, 1.82) is 0 Å². The summed E-state index contributed by atoms with van der Waals surface area (Å²) in [5.74, 6) is -2.07. The first-order valence-corrected chi connectivity index (χ1v) is 7.37. The van der Waals surface area contributed by atoms with Crippen molar-refractivity contribution in [2.75, 3.05) is 0 Å². The zero-order valence-electron chi connectivity index (χ0n) is 12.2. The molecule has 2 aliphatic rings. The second kappa shape index (κ2) is 4.06. The monoisotopic (exact) mass is 328 g/mol. The van der Waals surface area contributed by atoms with Gasteiger partial charge in [0.2, 0.25) is 11.5 Å². The van der Waals surface area contributed by atoms with E-state index in [2.05, 4.69) is 15.2 Å². The van der Waals surface area contributed by atoms with Gasteiger partial charge >= 0.3 is 0 Å². The van der Waals surface area contributed by atoms with Crippen LogP contribution in [0.15, 0.2) is 23.1 Å². The van der Waals surface area contributed by atoms with Crippen LogP contribution in [0.5, 0.6) is 17.2 Å². The Kier molecular flexibility index (Phi) is 2.26. The van der Waals surface area contributed by atoms with Gasteiger partial charge in [0.25, 0.3) is 5.56 Å². The Labute approximate surface area is 133 Å². The molecule has 2 aromatic heterocycles. The van der Waals surface area contributed by atoms with Gasteiger partial charge in [0.1, 0.15) is 17.3 Å². The van der Waals surface area contributed by atoms with Crippen LogP contribution in [-0.2, 0) is 12.8 Å². The minimum absolute atomic E-state index is 0.0175. The zero-order valence-corrected chi connectivity index (χ0v) is 12.2. The Bertz CT molecular complexity index is 1070. The summed E-state index contributed by atoms with van der Waals surface area (Å²) >= 11 is 0. The Morgan fingerprint density at radius 3 is 3.04 bits per heavy atom. The number of fused-ring (bicyclic) bond motifs is 5. The molecule has 0 spiro atoms. The lowest BCUT2D eigenvalue weighted by molar-refractivity contribution is -0.166. The van der Waals surface area contributed by atoms with Crippen molar-refractivity contribution in [1.82, 2.24) is 19.7 Å². The normalized spacial score (nSPS) is 24.3. The van der Waals surface area contributed by atoms with Crippen molar-refractivity contribution in [2.45, 2.75) is 24.7 Å². The Balaban J connectivity index is 1.73. The van der Waals surface area contributed by atoms with E-state index in [1.165, 1.54) is 16.8 Å². The SMILES string of the molecule is O=c1c2cn[nH]c2nc2n1C1Cc3ccc(O)c(O)c3OC1(O)C2. The minimum atomic E-state index is -1.72. The van der Waals surface area contributed by atoms with Gasteiger partial charge in [-0.3, -0.25) is 14.5 Å². The van der Waals surface area contributed by atoms with E-state index < -0.39 is 17.6 Å². The van der Waals surface area contributed by atoms with Crippen LogP contribution < -0.4 is 10.3 Å². The van der Waals surface area contributed by atoms with Crippen molar-refractivity contribution in [3.8, 4) is 17.2 Å². The van der Waals surface area contributed by atoms with Crippen LogP contribution in [0.3, 0.4) is 0 Å². The summed E-state index contributed by atoms with van der Waals surface area (Å²) in [6.45, 7) is 0. The molecule has 0 radical (unpaired) electrons. The van der Waals surface area contributed by atoms with Crippen molar-refractivity contribution < 1.29 is 20.1 Å². The van der Waals surface area contributed by atoms with Crippen LogP contribution in [0.1, 0.15) is 17.4 Å². The van der Waals surface area contributed by atoms with Crippen molar-refractivity contribution in [3.63, 3.8) is 0 Å². The first-order valence-electron chi connectivity index (χ1n) is 7.37. The predicted octanol–water partition coefficient (Wildman–Crippen LogP) is -0.0483. The zero-order chi connectivity index (χ0) is 16.6. The molecule has 2 unspecified atom stereocenters. The molecule has 122 valence electrons. The van der Waals surface area contributed by atoms with Crippen LogP contribution in [-0.4, -0.2) is 40.9 Å². The molecule has 9 nitrogen and oxygen atoms in total. The van der Waals surface area contributed by atoms with Gasteiger partial charge in [0.05, 0.1) is 12.6 Å². The molecule has 2 aliphatic heterocycles. The number of H-pyrrole nitrogens is 1. The smallest absolute Gasteiger partial charge is 0.265 e. The molecule has 0 bridgehead atoms. The Hall–Kier alpha value is -3.07. The number of phenolic OH excluding ortho intramolecular Hbond substituents is 2. The van der Waals surface area contributed by atoms with Crippen molar-refractivity contribution in [2.24, 2.45) is 0 Å². The van der Waals surface area contributed by atoms with Gasteiger partial charge in [-0.15, -0.1) is 0 Å². The van der Waals surface area contributed by atoms with E-state index in [0.29, 0.717) is 22.4 Å². The van der Waals surface area contributed by atoms with E-state index in [0.717, 1.165) is 0 Å². The third kappa shape index (κ3) is 1.49. The van der Waals surface area contributed by atoms with Gasteiger partial charge in [-0.05, 0) is 6.07 Å². The molecule has 2 atom stereocenters. The maximum absolute atomic E-state index is 12.7. The highest BCUT2D eigenvalue weighted by Crippen LogP contribution is 2.49. The van der Waals surface area contributed by atoms with Crippen LogP contribution >= 0.6 is 0 Å². The summed E-state index contributed by atoms with van der Waals surface area (Å²) in [5.41, 5.74) is 0.637. The second-order valence-electron chi connectivity index (χ2n) is 6.10. The molecule has 0 fully saturated rings. The molecule has 0 saturated carbocycles. The van der Waals surface area contributed by atoms with Gasteiger partial charge in [-0.2, -0.15) is 5.10 Å². The Morgan fingerprint density at radius 1 is 1.38 bits per heavy atom. The molecule has 0 aliphatic carbocycles. The lowest BCUT2D eigenvalue weighted by Crippen LogP contribution is -2.46. The van der Waals surface area contributed by atoms with Gasteiger partial charge in [-0.1, -0.05) is 6.07 Å². The summed E-state index contributed by atoms with van der Waals surface area (Å²) < 4.78 is 7.04. The maximum Gasteiger partial charge on any atom is 0.265 e. The number of aromatic amines is 1. The van der Waals surface area contributed by atoms with E-state index in [4.69, 9.17) is 4.74 Å². The van der Waals surface area contributed by atoms with Crippen molar-refractivity contribution in [3.05, 3.63) is 40.1 Å². The molecule has 24 heavy (non-hydrogen) atoms. The highest BCUT2D eigenvalue weighted by molar-refractivity contribution is 5.72. The number of hydrogen-bond donors (Lipinski definition) is 4. The van der Waals surface area contributed by atoms with E-state index in [-0.39, 0.29) is 29.9 Å². The maximum atomic E-state index is 12.7. The van der Waals surface area contributed by atoms with E-state index in [1.54, 1.807) is 6.07 Å². The summed E-state index contributed by atoms with van der Waals surface area (Å²) in [7, 11) is 0.